The van der Waals surface area contributed by atoms with Crippen LogP contribution >= 0.6 is 11.6 Å². The Morgan fingerprint density at radius 1 is 1.05 bits per heavy atom. The zero-order valence-electron chi connectivity index (χ0n) is 10.7. The van der Waals surface area contributed by atoms with Crippen molar-refractivity contribution in [2.24, 2.45) is 0 Å². The SMILES string of the molecule is O=S(=O)(Oc1ccc(F)cc1Cl)c1ccccc1OC(F)F. The van der Waals surface area contributed by atoms with Crippen LogP contribution in [0, 0.1) is 5.82 Å². The zero-order valence-corrected chi connectivity index (χ0v) is 12.2. The van der Waals surface area contributed by atoms with Gasteiger partial charge in [0.25, 0.3) is 0 Å². The molecule has 9 heteroatoms. The first-order chi connectivity index (χ1) is 10.3. The van der Waals surface area contributed by atoms with Gasteiger partial charge in [0.1, 0.15) is 16.5 Å². The molecule has 0 heterocycles. The van der Waals surface area contributed by atoms with Crippen molar-refractivity contribution in [2.45, 2.75) is 11.5 Å². The van der Waals surface area contributed by atoms with Gasteiger partial charge in [-0.1, -0.05) is 23.7 Å². The molecule has 0 radical (unpaired) electrons. The zero-order chi connectivity index (χ0) is 16.3. The smallest absolute Gasteiger partial charge is 0.387 e. The van der Waals surface area contributed by atoms with Crippen molar-refractivity contribution in [3.63, 3.8) is 0 Å². The highest BCUT2D eigenvalue weighted by atomic mass is 35.5. The molecular formula is C13H8ClF3O4S. The van der Waals surface area contributed by atoms with Crippen molar-refractivity contribution < 1.29 is 30.5 Å². The van der Waals surface area contributed by atoms with E-state index in [-0.39, 0.29) is 10.8 Å². The van der Waals surface area contributed by atoms with Crippen LogP contribution in [0.3, 0.4) is 0 Å². The maximum atomic E-state index is 12.9. The Morgan fingerprint density at radius 2 is 1.73 bits per heavy atom. The van der Waals surface area contributed by atoms with Crippen molar-refractivity contribution in [1.82, 2.24) is 0 Å². The molecule has 0 fully saturated rings. The van der Waals surface area contributed by atoms with Crippen molar-refractivity contribution in [2.75, 3.05) is 0 Å². The van der Waals surface area contributed by atoms with Gasteiger partial charge in [-0.25, -0.2) is 4.39 Å². The highest BCUT2D eigenvalue weighted by Gasteiger charge is 2.24. The number of rotatable bonds is 5. The second kappa shape index (κ2) is 6.45. The molecule has 0 unspecified atom stereocenters. The lowest BCUT2D eigenvalue weighted by atomic mass is 10.3. The molecule has 2 rings (SSSR count). The monoisotopic (exact) mass is 352 g/mol. The van der Waals surface area contributed by atoms with E-state index in [9.17, 15) is 21.6 Å². The molecule has 0 atom stereocenters. The summed E-state index contributed by atoms with van der Waals surface area (Å²) in [7, 11) is -4.49. The number of hydrogen-bond donors (Lipinski definition) is 0. The van der Waals surface area contributed by atoms with Crippen molar-refractivity contribution >= 4 is 21.7 Å². The van der Waals surface area contributed by atoms with Crippen LogP contribution in [0.2, 0.25) is 5.02 Å². The molecule has 0 saturated heterocycles. The molecule has 2 aromatic carbocycles. The van der Waals surface area contributed by atoms with Gasteiger partial charge in [0.2, 0.25) is 0 Å². The van der Waals surface area contributed by atoms with Crippen molar-refractivity contribution in [3.05, 3.63) is 53.3 Å². The van der Waals surface area contributed by atoms with Gasteiger partial charge < -0.3 is 8.92 Å². The molecule has 118 valence electrons. The minimum atomic E-state index is -4.49. The minimum Gasteiger partial charge on any atom is -0.433 e. The van der Waals surface area contributed by atoms with Crippen LogP contribution in [0.1, 0.15) is 0 Å². The van der Waals surface area contributed by atoms with E-state index in [1.54, 1.807) is 0 Å². The van der Waals surface area contributed by atoms with Crippen LogP contribution in [0.4, 0.5) is 13.2 Å². The summed E-state index contributed by atoms with van der Waals surface area (Å²) < 4.78 is 70.7. The fourth-order valence-corrected chi connectivity index (χ4v) is 2.89. The molecule has 4 nitrogen and oxygen atoms in total. The summed E-state index contributed by atoms with van der Waals surface area (Å²) in [6.45, 7) is -3.20. The second-order valence-electron chi connectivity index (χ2n) is 3.94. The maximum absolute atomic E-state index is 12.9. The normalized spacial score (nSPS) is 11.5. The fraction of sp³-hybridized carbons (Fsp3) is 0.0769. The Balaban J connectivity index is 2.39. The molecule has 0 aliphatic rings. The summed E-state index contributed by atoms with van der Waals surface area (Å²) in [5, 5.41) is -0.282. The van der Waals surface area contributed by atoms with Crippen LogP contribution in [-0.2, 0) is 10.1 Å². The Bertz CT molecular complexity index is 781. The maximum Gasteiger partial charge on any atom is 0.387 e. The molecule has 0 spiro atoms. The van der Waals surface area contributed by atoms with Gasteiger partial charge in [-0.05, 0) is 30.3 Å². The van der Waals surface area contributed by atoms with E-state index in [1.807, 2.05) is 0 Å². The molecular weight excluding hydrogens is 345 g/mol. The predicted molar refractivity (Wildman–Crippen MR) is 72.3 cm³/mol. The molecule has 2 aromatic rings. The average Bonchev–Trinajstić information content (AvgIpc) is 2.42. The Kier molecular flexibility index (Phi) is 4.82. The number of ether oxygens (including phenoxy) is 1. The first-order valence-corrected chi connectivity index (χ1v) is 7.51. The average molecular weight is 353 g/mol. The molecule has 0 amide bonds. The van der Waals surface area contributed by atoms with Gasteiger partial charge in [0.05, 0.1) is 5.02 Å². The summed E-state index contributed by atoms with van der Waals surface area (Å²) in [6, 6.07) is 7.51. The highest BCUT2D eigenvalue weighted by Crippen LogP contribution is 2.31. The van der Waals surface area contributed by atoms with Gasteiger partial charge in [-0.2, -0.15) is 17.2 Å². The van der Waals surface area contributed by atoms with Crippen LogP contribution < -0.4 is 8.92 Å². The van der Waals surface area contributed by atoms with Crippen molar-refractivity contribution in [3.8, 4) is 11.5 Å². The largest absolute Gasteiger partial charge is 0.433 e. The van der Waals surface area contributed by atoms with E-state index >= 15 is 0 Å². The van der Waals surface area contributed by atoms with E-state index in [2.05, 4.69) is 4.74 Å². The number of hydrogen-bond acceptors (Lipinski definition) is 4. The van der Waals surface area contributed by atoms with E-state index in [0.717, 1.165) is 30.3 Å². The number of benzene rings is 2. The fourth-order valence-electron chi connectivity index (χ4n) is 1.56. The Hall–Kier alpha value is -1.93. The van der Waals surface area contributed by atoms with E-state index < -0.39 is 33.2 Å². The van der Waals surface area contributed by atoms with Crippen LogP contribution in [-0.4, -0.2) is 15.0 Å². The predicted octanol–water partition coefficient (Wildman–Crippen LogP) is 3.85. The van der Waals surface area contributed by atoms with Gasteiger partial charge in [-0.3, -0.25) is 0 Å². The number of halogens is 4. The third-order valence-electron chi connectivity index (χ3n) is 2.43. The summed E-state index contributed by atoms with van der Waals surface area (Å²) >= 11 is 5.67. The Labute approximate surface area is 129 Å². The third kappa shape index (κ3) is 3.83. The molecule has 22 heavy (non-hydrogen) atoms. The van der Waals surface area contributed by atoms with Crippen LogP contribution in [0.5, 0.6) is 11.5 Å². The lowest BCUT2D eigenvalue weighted by molar-refractivity contribution is -0.0517. The van der Waals surface area contributed by atoms with E-state index in [0.29, 0.717) is 0 Å². The summed E-state index contributed by atoms with van der Waals surface area (Å²) in [6.07, 6.45) is 0. The third-order valence-corrected chi connectivity index (χ3v) is 4.00. The van der Waals surface area contributed by atoms with Gasteiger partial charge in [0, 0.05) is 0 Å². The lowest BCUT2D eigenvalue weighted by Gasteiger charge is -2.12. The summed E-state index contributed by atoms with van der Waals surface area (Å²) in [5.41, 5.74) is 0. The van der Waals surface area contributed by atoms with E-state index in [4.69, 9.17) is 15.8 Å². The first-order valence-electron chi connectivity index (χ1n) is 5.73. The molecule has 0 aliphatic carbocycles. The number of para-hydroxylation sites is 1. The quantitative estimate of drug-likeness (QED) is 0.767. The molecule has 0 N–H and O–H groups in total. The second-order valence-corrected chi connectivity index (χ2v) is 5.86. The first kappa shape index (κ1) is 16.4. The Morgan fingerprint density at radius 3 is 2.36 bits per heavy atom. The van der Waals surface area contributed by atoms with Gasteiger partial charge in [0.15, 0.2) is 5.75 Å². The summed E-state index contributed by atoms with van der Waals surface area (Å²) in [4.78, 5) is -0.601. The minimum absolute atomic E-state index is 0.282. The van der Waals surface area contributed by atoms with Crippen LogP contribution in [0.15, 0.2) is 47.4 Å². The topological polar surface area (TPSA) is 52.6 Å². The highest BCUT2D eigenvalue weighted by molar-refractivity contribution is 7.87. The van der Waals surface area contributed by atoms with Crippen LogP contribution in [0.25, 0.3) is 0 Å². The standard InChI is InChI=1S/C13H8ClF3O4S/c14-9-7-8(15)5-6-10(9)21-22(18,19)12-4-2-1-3-11(12)20-13(16)17/h1-7,13H. The van der Waals surface area contributed by atoms with Crippen molar-refractivity contribution in [1.29, 1.82) is 0 Å². The van der Waals surface area contributed by atoms with E-state index in [1.165, 1.54) is 12.1 Å². The molecule has 0 aromatic heterocycles. The van der Waals surface area contributed by atoms with Gasteiger partial charge >= 0.3 is 16.7 Å². The van der Waals surface area contributed by atoms with Gasteiger partial charge in [-0.15, -0.1) is 0 Å². The summed E-state index contributed by atoms with van der Waals surface area (Å²) in [5.74, 6) is -1.60. The molecule has 0 saturated carbocycles. The number of alkyl halides is 2. The molecule has 0 aliphatic heterocycles. The lowest BCUT2D eigenvalue weighted by Crippen LogP contribution is -2.13. The molecule has 0 bridgehead atoms.